The molecule has 0 amide bonds. The Bertz CT molecular complexity index is 460. The average Bonchev–Trinajstić information content (AvgIpc) is 2.16. The topological polar surface area (TPSA) is 86.3 Å². The second-order valence-electron chi connectivity index (χ2n) is 3.41. The van der Waals surface area contributed by atoms with E-state index >= 15 is 0 Å². The average molecular weight is 281 g/mol. The maximum atomic E-state index is 11.7. The molecule has 0 spiro atoms. The monoisotopic (exact) mass is 281 g/mol. The van der Waals surface area contributed by atoms with E-state index in [2.05, 4.69) is 4.72 Å². The first-order chi connectivity index (χ1) is 7.42. The largest absolute Gasteiger partial charge is 1.00 e. The zero-order valence-electron chi connectivity index (χ0n) is 9.71. The van der Waals surface area contributed by atoms with Crippen LogP contribution in [0.2, 0.25) is 0 Å². The molecular formula is C10H12KNO4S. The Kier molecular flexibility index (Phi) is 7.73. The third-order valence-electron chi connectivity index (χ3n) is 1.88. The van der Waals surface area contributed by atoms with Gasteiger partial charge in [-0.1, -0.05) is 18.2 Å². The Hall–Kier alpha value is 0.236. The van der Waals surface area contributed by atoms with Gasteiger partial charge in [-0.15, -0.1) is 0 Å². The number of aliphatic carboxylic acids is 1. The molecule has 0 heterocycles. The standard InChI is InChI=1S/C10H13NO4S.K/c1-8(7-10(12)13)11-16(14,15)9-5-3-2-4-6-9;/h2-6,8,11H,7H2,1H3,(H,12,13);/q;+1/p-1. The smallest absolute Gasteiger partial charge is 0.550 e. The molecule has 0 aliphatic heterocycles. The third-order valence-corrected chi connectivity index (χ3v) is 3.49. The van der Waals surface area contributed by atoms with E-state index in [1.807, 2.05) is 0 Å². The summed E-state index contributed by atoms with van der Waals surface area (Å²) in [5.41, 5.74) is 0. The number of carbonyl (C=O) groups excluding carboxylic acids is 1. The zero-order chi connectivity index (χ0) is 12.2. The molecule has 0 saturated heterocycles. The summed E-state index contributed by atoms with van der Waals surface area (Å²) < 4.78 is 25.7. The fourth-order valence-electron chi connectivity index (χ4n) is 1.22. The molecule has 0 radical (unpaired) electrons. The molecule has 1 atom stereocenters. The molecule has 1 rings (SSSR count). The molecular weight excluding hydrogens is 269 g/mol. The normalized spacial score (nSPS) is 12.5. The predicted octanol–water partition coefficient (Wildman–Crippen LogP) is -3.50. The summed E-state index contributed by atoms with van der Waals surface area (Å²) in [6.45, 7) is 1.47. The van der Waals surface area contributed by atoms with Crippen LogP contribution in [-0.4, -0.2) is 20.4 Å². The summed E-state index contributed by atoms with van der Waals surface area (Å²) >= 11 is 0. The van der Waals surface area contributed by atoms with Gasteiger partial charge in [-0.25, -0.2) is 13.1 Å². The van der Waals surface area contributed by atoms with Crippen molar-refractivity contribution in [3.8, 4) is 0 Å². The minimum Gasteiger partial charge on any atom is -0.550 e. The van der Waals surface area contributed by atoms with Crippen molar-refractivity contribution < 1.29 is 69.7 Å². The molecule has 0 aliphatic carbocycles. The maximum Gasteiger partial charge on any atom is 1.00 e. The van der Waals surface area contributed by atoms with E-state index in [1.54, 1.807) is 18.2 Å². The van der Waals surface area contributed by atoms with Gasteiger partial charge in [0.15, 0.2) is 0 Å². The van der Waals surface area contributed by atoms with Gasteiger partial charge >= 0.3 is 51.4 Å². The Labute approximate surface area is 143 Å². The van der Waals surface area contributed by atoms with E-state index in [9.17, 15) is 18.3 Å². The van der Waals surface area contributed by atoms with Gasteiger partial charge in [-0.3, -0.25) is 0 Å². The van der Waals surface area contributed by atoms with Gasteiger partial charge in [0.1, 0.15) is 0 Å². The van der Waals surface area contributed by atoms with E-state index in [0.29, 0.717) is 0 Å². The fourth-order valence-corrected chi connectivity index (χ4v) is 2.49. The predicted molar refractivity (Wildman–Crippen MR) is 55.8 cm³/mol. The van der Waals surface area contributed by atoms with Crippen LogP contribution in [0.3, 0.4) is 0 Å². The molecule has 0 aliphatic rings. The van der Waals surface area contributed by atoms with Crippen LogP contribution in [0.25, 0.3) is 0 Å². The number of hydrogen-bond donors (Lipinski definition) is 1. The molecule has 0 bridgehead atoms. The summed E-state index contributed by atoms with van der Waals surface area (Å²) in [5, 5.41) is 10.3. The Morgan fingerprint density at radius 2 is 1.88 bits per heavy atom. The van der Waals surface area contributed by atoms with Crippen molar-refractivity contribution in [3.63, 3.8) is 0 Å². The summed E-state index contributed by atoms with van der Waals surface area (Å²) in [5.74, 6) is -1.29. The molecule has 1 N–H and O–H groups in total. The summed E-state index contributed by atoms with van der Waals surface area (Å²) in [6, 6.07) is 7.07. The van der Waals surface area contributed by atoms with Crippen molar-refractivity contribution in [1.82, 2.24) is 4.72 Å². The molecule has 1 aromatic rings. The van der Waals surface area contributed by atoms with E-state index in [1.165, 1.54) is 19.1 Å². The minimum absolute atomic E-state index is 0. The number of nitrogens with one attached hydrogen (secondary N) is 1. The van der Waals surface area contributed by atoms with Crippen LogP contribution in [0, 0.1) is 0 Å². The van der Waals surface area contributed by atoms with Crippen LogP contribution >= 0.6 is 0 Å². The number of benzene rings is 1. The van der Waals surface area contributed by atoms with E-state index < -0.39 is 22.0 Å². The van der Waals surface area contributed by atoms with Crippen molar-refractivity contribution >= 4 is 16.0 Å². The maximum absolute atomic E-state index is 11.7. The second kappa shape index (κ2) is 7.62. The van der Waals surface area contributed by atoms with E-state index in [4.69, 9.17) is 0 Å². The molecule has 7 heteroatoms. The Morgan fingerprint density at radius 3 is 2.35 bits per heavy atom. The summed E-state index contributed by atoms with van der Waals surface area (Å²) in [4.78, 5) is 10.4. The van der Waals surface area contributed by atoms with Crippen LogP contribution < -0.4 is 61.2 Å². The number of hydrogen-bond acceptors (Lipinski definition) is 4. The van der Waals surface area contributed by atoms with Crippen molar-refractivity contribution in [2.24, 2.45) is 0 Å². The van der Waals surface area contributed by atoms with Crippen molar-refractivity contribution in [3.05, 3.63) is 30.3 Å². The van der Waals surface area contributed by atoms with Gasteiger partial charge in [0.2, 0.25) is 10.0 Å². The van der Waals surface area contributed by atoms with Gasteiger partial charge in [0, 0.05) is 18.4 Å². The molecule has 5 nitrogen and oxygen atoms in total. The molecule has 0 fully saturated rings. The molecule has 17 heavy (non-hydrogen) atoms. The number of rotatable bonds is 5. The molecule has 88 valence electrons. The van der Waals surface area contributed by atoms with Crippen LogP contribution in [0.5, 0.6) is 0 Å². The van der Waals surface area contributed by atoms with Gasteiger partial charge in [0.25, 0.3) is 0 Å². The van der Waals surface area contributed by atoms with Gasteiger partial charge < -0.3 is 9.90 Å². The van der Waals surface area contributed by atoms with Crippen LogP contribution in [-0.2, 0) is 14.8 Å². The molecule has 0 aromatic heterocycles. The minimum atomic E-state index is -3.65. The molecule has 0 saturated carbocycles. The molecule has 1 unspecified atom stereocenters. The first-order valence-electron chi connectivity index (χ1n) is 4.69. The molecule has 1 aromatic carbocycles. The number of carboxylic acid groups (broad SMARTS) is 1. The van der Waals surface area contributed by atoms with Crippen LogP contribution in [0.4, 0.5) is 0 Å². The second-order valence-corrected chi connectivity index (χ2v) is 5.13. The fraction of sp³-hybridized carbons (Fsp3) is 0.300. The Balaban J connectivity index is 0.00000256. The third kappa shape index (κ3) is 6.09. The first-order valence-corrected chi connectivity index (χ1v) is 6.17. The zero-order valence-corrected chi connectivity index (χ0v) is 13.7. The van der Waals surface area contributed by atoms with Gasteiger partial charge in [-0.2, -0.15) is 0 Å². The summed E-state index contributed by atoms with van der Waals surface area (Å²) in [7, 11) is -3.65. The van der Waals surface area contributed by atoms with E-state index in [-0.39, 0.29) is 62.7 Å². The van der Waals surface area contributed by atoms with Gasteiger partial charge in [-0.05, 0) is 19.1 Å². The summed E-state index contributed by atoms with van der Waals surface area (Å²) in [6.07, 6.45) is -0.355. The van der Waals surface area contributed by atoms with Crippen LogP contribution in [0.15, 0.2) is 35.2 Å². The van der Waals surface area contributed by atoms with Crippen LogP contribution in [0.1, 0.15) is 13.3 Å². The number of sulfonamides is 1. The number of carboxylic acids is 1. The van der Waals surface area contributed by atoms with E-state index in [0.717, 1.165) is 0 Å². The number of carbonyl (C=O) groups is 1. The first kappa shape index (κ1) is 17.2. The van der Waals surface area contributed by atoms with Crippen molar-refractivity contribution in [2.75, 3.05) is 0 Å². The van der Waals surface area contributed by atoms with Crippen molar-refractivity contribution in [1.29, 1.82) is 0 Å². The van der Waals surface area contributed by atoms with Crippen molar-refractivity contribution in [2.45, 2.75) is 24.3 Å². The SMILES string of the molecule is CC(CC(=O)[O-])NS(=O)(=O)c1ccccc1.[K+]. The quantitative estimate of drug-likeness (QED) is 0.567. The Morgan fingerprint density at radius 1 is 1.35 bits per heavy atom. The van der Waals surface area contributed by atoms with Gasteiger partial charge in [0.05, 0.1) is 4.90 Å².